The number of rotatable bonds is 7. The summed E-state index contributed by atoms with van der Waals surface area (Å²) in [5.74, 6) is 1.12. The Morgan fingerprint density at radius 3 is 2.55 bits per heavy atom. The number of ketones is 1. The Balaban J connectivity index is 1.48. The largest absolute Gasteiger partial charge is 0.326 e. The summed E-state index contributed by atoms with van der Waals surface area (Å²) >= 11 is 1.33. The van der Waals surface area contributed by atoms with Crippen molar-refractivity contribution in [2.45, 2.75) is 32.3 Å². The number of para-hydroxylation sites is 1. The van der Waals surface area contributed by atoms with Crippen molar-refractivity contribution in [2.75, 3.05) is 11.1 Å². The lowest BCUT2D eigenvalue weighted by Gasteiger charge is -2.08. The standard InChI is InChI=1S/C23H23N5O2S/c1-14(2)12-21(30)25-17-10-8-16(9-11-17)20(29)13-31-23-26-19-7-5-4-6-18(19)22-24-15(3)27-28(22)23/h4-11,14H,12-13H2,1-3H3,(H,25,30). The van der Waals surface area contributed by atoms with Crippen molar-refractivity contribution in [3.63, 3.8) is 0 Å². The van der Waals surface area contributed by atoms with Gasteiger partial charge in [-0.3, -0.25) is 9.59 Å². The molecule has 4 rings (SSSR count). The van der Waals surface area contributed by atoms with E-state index in [9.17, 15) is 9.59 Å². The molecule has 31 heavy (non-hydrogen) atoms. The fraction of sp³-hybridized carbons (Fsp3) is 0.261. The molecule has 0 aliphatic rings. The van der Waals surface area contributed by atoms with E-state index in [2.05, 4.69) is 20.4 Å². The number of hydrogen-bond acceptors (Lipinski definition) is 6. The Morgan fingerprint density at radius 2 is 1.81 bits per heavy atom. The van der Waals surface area contributed by atoms with Crippen LogP contribution in [-0.4, -0.2) is 37.0 Å². The number of aryl methyl sites for hydroxylation is 1. The molecule has 7 nitrogen and oxygen atoms in total. The fourth-order valence-corrected chi connectivity index (χ4v) is 4.10. The van der Waals surface area contributed by atoms with Crippen LogP contribution in [0.4, 0.5) is 5.69 Å². The number of benzene rings is 2. The lowest BCUT2D eigenvalue weighted by Crippen LogP contribution is -2.14. The Hall–Kier alpha value is -3.26. The van der Waals surface area contributed by atoms with Crippen LogP contribution in [0.25, 0.3) is 16.6 Å². The molecule has 1 amide bonds. The van der Waals surface area contributed by atoms with Gasteiger partial charge in [-0.2, -0.15) is 4.52 Å². The molecule has 2 aromatic carbocycles. The second-order valence-electron chi connectivity index (χ2n) is 7.74. The molecule has 0 aliphatic carbocycles. The molecular weight excluding hydrogens is 410 g/mol. The maximum Gasteiger partial charge on any atom is 0.224 e. The van der Waals surface area contributed by atoms with E-state index in [0.717, 1.165) is 16.6 Å². The molecule has 0 spiro atoms. The Kier molecular flexibility index (Phi) is 5.99. The second kappa shape index (κ2) is 8.85. The number of aromatic nitrogens is 4. The smallest absolute Gasteiger partial charge is 0.224 e. The van der Waals surface area contributed by atoms with Crippen molar-refractivity contribution in [1.82, 2.24) is 19.6 Å². The van der Waals surface area contributed by atoms with E-state index in [1.165, 1.54) is 11.8 Å². The summed E-state index contributed by atoms with van der Waals surface area (Å²) in [5, 5.41) is 8.85. The van der Waals surface area contributed by atoms with E-state index in [4.69, 9.17) is 0 Å². The van der Waals surface area contributed by atoms with Crippen molar-refractivity contribution in [1.29, 1.82) is 0 Å². The molecule has 0 fully saturated rings. The molecule has 0 unspecified atom stereocenters. The highest BCUT2D eigenvalue weighted by Gasteiger charge is 2.15. The molecule has 2 aromatic heterocycles. The zero-order valence-corrected chi connectivity index (χ0v) is 18.4. The quantitative estimate of drug-likeness (QED) is 0.261. The summed E-state index contributed by atoms with van der Waals surface area (Å²) < 4.78 is 1.70. The average molecular weight is 434 g/mol. The number of nitrogens with one attached hydrogen (secondary N) is 1. The number of anilines is 1. The highest BCUT2D eigenvalue weighted by molar-refractivity contribution is 7.99. The Labute approximate surface area is 184 Å². The van der Waals surface area contributed by atoms with Crippen LogP contribution in [0.1, 0.15) is 36.5 Å². The van der Waals surface area contributed by atoms with E-state index in [0.29, 0.717) is 34.6 Å². The van der Waals surface area contributed by atoms with Crippen molar-refractivity contribution in [2.24, 2.45) is 5.92 Å². The molecule has 0 saturated heterocycles. The molecular formula is C23H23N5O2S. The van der Waals surface area contributed by atoms with Gasteiger partial charge in [-0.05, 0) is 49.2 Å². The summed E-state index contributed by atoms with van der Waals surface area (Å²) in [6.07, 6.45) is 0.465. The number of thioether (sulfide) groups is 1. The first-order chi connectivity index (χ1) is 14.9. The molecule has 4 aromatic rings. The van der Waals surface area contributed by atoms with Crippen molar-refractivity contribution >= 4 is 45.7 Å². The molecule has 158 valence electrons. The number of hydrogen-bond donors (Lipinski definition) is 1. The minimum Gasteiger partial charge on any atom is -0.326 e. The van der Waals surface area contributed by atoms with Crippen molar-refractivity contribution < 1.29 is 9.59 Å². The van der Waals surface area contributed by atoms with Gasteiger partial charge in [-0.25, -0.2) is 9.97 Å². The SMILES string of the molecule is Cc1nc2c3ccccc3nc(SCC(=O)c3ccc(NC(=O)CC(C)C)cc3)n2n1. The topological polar surface area (TPSA) is 89.2 Å². The number of carbonyl (C=O) groups excluding carboxylic acids is 2. The van der Waals surface area contributed by atoms with Gasteiger partial charge in [0.15, 0.2) is 16.6 Å². The number of carbonyl (C=O) groups is 2. The van der Waals surface area contributed by atoms with Crippen molar-refractivity contribution in [3.05, 3.63) is 59.9 Å². The lowest BCUT2D eigenvalue weighted by atomic mass is 10.1. The van der Waals surface area contributed by atoms with Crippen LogP contribution in [0.5, 0.6) is 0 Å². The highest BCUT2D eigenvalue weighted by atomic mass is 32.2. The molecule has 8 heteroatoms. The molecule has 1 N–H and O–H groups in total. The molecule has 0 aliphatic heterocycles. The highest BCUT2D eigenvalue weighted by Crippen LogP contribution is 2.24. The van der Waals surface area contributed by atoms with Crippen LogP contribution in [0.3, 0.4) is 0 Å². The van der Waals surface area contributed by atoms with Gasteiger partial charge in [0.05, 0.1) is 11.3 Å². The average Bonchev–Trinajstić information content (AvgIpc) is 3.13. The minimum absolute atomic E-state index is 0.0231. The third kappa shape index (κ3) is 4.74. The third-order valence-corrected chi connectivity index (χ3v) is 5.60. The zero-order valence-electron chi connectivity index (χ0n) is 17.6. The van der Waals surface area contributed by atoms with Gasteiger partial charge in [0, 0.05) is 23.1 Å². The van der Waals surface area contributed by atoms with E-state index < -0.39 is 0 Å². The predicted molar refractivity (Wildman–Crippen MR) is 123 cm³/mol. The van der Waals surface area contributed by atoms with Gasteiger partial charge in [-0.15, -0.1) is 5.10 Å². The maximum atomic E-state index is 12.7. The van der Waals surface area contributed by atoms with Gasteiger partial charge >= 0.3 is 0 Å². The normalized spacial score (nSPS) is 11.4. The zero-order chi connectivity index (χ0) is 22.0. The molecule has 2 heterocycles. The van der Waals surface area contributed by atoms with Crippen LogP contribution in [0.15, 0.2) is 53.7 Å². The van der Waals surface area contributed by atoms with Crippen LogP contribution in [0.2, 0.25) is 0 Å². The minimum atomic E-state index is -0.0286. The van der Waals surface area contributed by atoms with Crippen LogP contribution in [0, 0.1) is 12.8 Å². The van der Waals surface area contributed by atoms with Crippen molar-refractivity contribution in [3.8, 4) is 0 Å². The van der Waals surface area contributed by atoms with Gasteiger partial charge < -0.3 is 5.32 Å². The van der Waals surface area contributed by atoms with E-state index in [1.54, 1.807) is 28.8 Å². The van der Waals surface area contributed by atoms with Gasteiger partial charge in [0.2, 0.25) is 5.91 Å². The first kappa shape index (κ1) is 21.0. The molecule has 0 bridgehead atoms. The van der Waals surface area contributed by atoms with E-state index in [1.807, 2.05) is 45.0 Å². The summed E-state index contributed by atoms with van der Waals surface area (Å²) in [6, 6.07) is 14.7. The van der Waals surface area contributed by atoms with Gasteiger partial charge in [-0.1, -0.05) is 37.7 Å². The third-order valence-electron chi connectivity index (χ3n) is 4.67. The summed E-state index contributed by atoms with van der Waals surface area (Å²) in [7, 11) is 0. The Morgan fingerprint density at radius 1 is 1.06 bits per heavy atom. The molecule has 0 saturated carbocycles. The number of fused-ring (bicyclic) bond motifs is 3. The number of Topliss-reactive ketones (excluding diaryl/α,β-unsaturated/α-hetero) is 1. The summed E-state index contributed by atoms with van der Waals surface area (Å²) in [6.45, 7) is 5.83. The van der Waals surface area contributed by atoms with Crippen LogP contribution < -0.4 is 5.32 Å². The van der Waals surface area contributed by atoms with Crippen LogP contribution in [-0.2, 0) is 4.79 Å². The Bertz CT molecular complexity index is 1260. The maximum absolute atomic E-state index is 12.7. The summed E-state index contributed by atoms with van der Waals surface area (Å²) in [5.41, 5.74) is 2.82. The molecule has 0 radical (unpaired) electrons. The monoisotopic (exact) mass is 433 g/mol. The number of nitrogens with zero attached hydrogens (tertiary/aromatic N) is 4. The predicted octanol–water partition coefficient (Wildman–Crippen LogP) is 4.55. The van der Waals surface area contributed by atoms with Gasteiger partial charge in [0.25, 0.3) is 0 Å². The fourth-order valence-electron chi connectivity index (χ4n) is 3.26. The van der Waals surface area contributed by atoms with E-state index >= 15 is 0 Å². The van der Waals surface area contributed by atoms with E-state index in [-0.39, 0.29) is 17.4 Å². The lowest BCUT2D eigenvalue weighted by molar-refractivity contribution is -0.116. The first-order valence-corrected chi connectivity index (χ1v) is 11.1. The van der Waals surface area contributed by atoms with Gasteiger partial charge in [0.1, 0.15) is 5.82 Å². The first-order valence-electron chi connectivity index (χ1n) is 10.1. The number of amides is 1. The summed E-state index contributed by atoms with van der Waals surface area (Å²) in [4.78, 5) is 33.8. The van der Waals surface area contributed by atoms with Crippen LogP contribution >= 0.6 is 11.8 Å². The second-order valence-corrected chi connectivity index (χ2v) is 8.68. The molecule has 0 atom stereocenters.